The SMILES string of the molecule is COCCn1nc(CCNC(=O)c2ccc(F)c(Cl)c2)c2c1CCOC2. The summed E-state index contributed by atoms with van der Waals surface area (Å²) in [4.78, 5) is 12.2. The number of carbonyl (C=O) groups excluding carboxylic acids is 1. The van der Waals surface area contributed by atoms with Gasteiger partial charge in [0, 0.05) is 43.3 Å². The normalized spacial score (nSPS) is 13.5. The molecule has 0 saturated heterocycles. The number of ether oxygens (including phenoxy) is 2. The summed E-state index contributed by atoms with van der Waals surface area (Å²) in [5.41, 5.74) is 3.53. The van der Waals surface area contributed by atoms with E-state index in [1.54, 1.807) is 7.11 Å². The van der Waals surface area contributed by atoms with E-state index >= 15 is 0 Å². The van der Waals surface area contributed by atoms with Crippen molar-refractivity contribution in [2.75, 3.05) is 26.9 Å². The molecule has 3 rings (SSSR count). The van der Waals surface area contributed by atoms with Crippen molar-refractivity contribution in [2.24, 2.45) is 0 Å². The molecule has 2 heterocycles. The first-order valence-electron chi connectivity index (χ1n) is 8.47. The lowest BCUT2D eigenvalue weighted by molar-refractivity contribution is 0.0953. The molecule has 1 amide bonds. The van der Waals surface area contributed by atoms with E-state index in [0.717, 1.165) is 17.7 Å². The van der Waals surface area contributed by atoms with Crippen LogP contribution in [0.4, 0.5) is 4.39 Å². The van der Waals surface area contributed by atoms with Crippen LogP contribution in [0.5, 0.6) is 0 Å². The van der Waals surface area contributed by atoms with E-state index in [1.807, 2.05) is 4.68 Å². The Kier molecular flexibility index (Phi) is 6.24. The van der Waals surface area contributed by atoms with Gasteiger partial charge < -0.3 is 14.8 Å². The first-order chi connectivity index (χ1) is 12.6. The molecule has 0 unspecified atom stereocenters. The smallest absolute Gasteiger partial charge is 0.251 e. The highest BCUT2D eigenvalue weighted by atomic mass is 35.5. The van der Waals surface area contributed by atoms with Gasteiger partial charge in [0.15, 0.2) is 0 Å². The second-order valence-electron chi connectivity index (χ2n) is 6.03. The lowest BCUT2D eigenvalue weighted by Gasteiger charge is -2.15. The molecule has 0 spiro atoms. The number of carbonyl (C=O) groups is 1. The minimum absolute atomic E-state index is 0.0687. The van der Waals surface area contributed by atoms with Crippen LogP contribution >= 0.6 is 11.6 Å². The van der Waals surface area contributed by atoms with Crippen molar-refractivity contribution in [3.63, 3.8) is 0 Å². The van der Waals surface area contributed by atoms with Crippen molar-refractivity contribution in [1.82, 2.24) is 15.1 Å². The topological polar surface area (TPSA) is 65.4 Å². The third-order valence-electron chi connectivity index (χ3n) is 4.32. The van der Waals surface area contributed by atoms with Crippen LogP contribution in [-0.2, 0) is 35.5 Å². The molecule has 26 heavy (non-hydrogen) atoms. The van der Waals surface area contributed by atoms with Gasteiger partial charge in [-0.05, 0) is 18.2 Å². The number of halogens is 2. The lowest BCUT2D eigenvalue weighted by Crippen LogP contribution is -2.26. The lowest BCUT2D eigenvalue weighted by atomic mass is 10.1. The molecule has 140 valence electrons. The highest BCUT2D eigenvalue weighted by Gasteiger charge is 2.21. The highest BCUT2D eigenvalue weighted by Crippen LogP contribution is 2.21. The Labute approximate surface area is 156 Å². The van der Waals surface area contributed by atoms with E-state index in [1.165, 1.54) is 23.9 Å². The van der Waals surface area contributed by atoms with Gasteiger partial charge in [-0.1, -0.05) is 11.6 Å². The molecule has 0 radical (unpaired) electrons. The summed E-state index contributed by atoms with van der Waals surface area (Å²) in [7, 11) is 1.66. The molecule has 1 aliphatic heterocycles. The summed E-state index contributed by atoms with van der Waals surface area (Å²) >= 11 is 5.72. The number of aromatic nitrogens is 2. The van der Waals surface area contributed by atoms with Crippen LogP contribution < -0.4 is 5.32 Å². The number of hydrogen-bond donors (Lipinski definition) is 1. The molecule has 2 aromatic rings. The summed E-state index contributed by atoms with van der Waals surface area (Å²) < 4.78 is 25.9. The Bertz CT molecular complexity index is 794. The van der Waals surface area contributed by atoms with Gasteiger partial charge in [0.25, 0.3) is 5.91 Å². The Balaban J connectivity index is 1.63. The summed E-state index contributed by atoms with van der Waals surface area (Å²) in [6.07, 6.45) is 1.42. The van der Waals surface area contributed by atoms with E-state index in [0.29, 0.717) is 44.9 Å². The van der Waals surface area contributed by atoms with Crippen molar-refractivity contribution < 1.29 is 18.7 Å². The van der Waals surface area contributed by atoms with Gasteiger partial charge >= 0.3 is 0 Å². The summed E-state index contributed by atoms with van der Waals surface area (Å²) in [5, 5.41) is 7.41. The minimum atomic E-state index is -0.545. The largest absolute Gasteiger partial charge is 0.383 e. The fraction of sp³-hybridized carbons (Fsp3) is 0.444. The fourth-order valence-electron chi connectivity index (χ4n) is 2.98. The first-order valence-corrected chi connectivity index (χ1v) is 8.85. The number of nitrogens with one attached hydrogen (secondary N) is 1. The number of nitrogens with zero attached hydrogens (tertiary/aromatic N) is 2. The van der Waals surface area contributed by atoms with Crippen LogP contribution in [0, 0.1) is 5.82 Å². The van der Waals surface area contributed by atoms with E-state index in [2.05, 4.69) is 10.4 Å². The number of benzene rings is 1. The molecule has 0 aliphatic carbocycles. The van der Waals surface area contributed by atoms with Crippen molar-refractivity contribution in [1.29, 1.82) is 0 Å². The number of hydrogen-bond acceptors (Lipinski definition) is 4. The maximum Gasteiger partial charge on any atom is 0.251 e. The standard InChI is InChI=1S/C18H21ClFN3O3/c1-25-9-7-23-17-5-8-26-11-13(17)16(22-23)4-6-21-18(24)12-2-3-15(20)14(19)10-12/h2-3,10H,4-9,11H2,1H3,(H,21,24). The molecule has 6 nitrogen and oxygen atoms in total. The quantitative estimate of drug-likeness (QED) is 0.799. The second-order valence-corrected chi connectivity index (χ2v) is 6.43. The summed E-state index contributed by atoms with van der Waals surface area (Å²) in [6, 6.07) is 3.91. The number of fused-ring (bicyclic) bond motifs is 1. The van der Waals surface area contributed by atoms with Crippen LogP contribution in [0.3, 0.4) is 0 Å². The number of methoxy groups -OCH3 is 1. The van der Waals surface area contributed by atoms with Crippen LogP contribution in [0.2, 0.25) is 5.02 Å². The predicted octanol–water partition coefficient (Wildman–Crippen LogP) is 2.37. The summed E-state index contributed by atoms with van der Waals surface area (Å²) in [5.74, 6) is -0.840. The number of rotatable bonds is 7. The molecule has 0 saturated carbocycles. The van der Waals surface area contributed by atoms with Crippen molar-refractivity contribution in [3.05, 3.63) is 51.6 Å². The fourth-order valence-corrected chi connectivity index (χ4v) is 3.16. The average Bonchev–Trinajstić information content (AvgIpc) is 3.00. The van der Waals surface area contributed by atoms with Gasteiger partial charge in [0.05, 0.1) is 37.1 Å². The van der Waals surface area contributed by atoms with Gasteiger partial charge in [0.2, 0.25) is 0 Å². The molecule has 0 fully saturated rings. The second kappa shape index (κ2) is 8.62. The van der Waals surface area contributed by atoms with Gasteiger partial charge in [0.1, 0.15) is 5.82 Å². The zero-order chi connectivity index (χ0) is 18.5. The van der Waals surface area contributed by atoms with Crippen LogP contribution in [0.15, 0.2) is 18.2 Å². The Hall–Kier alpha value is -1.96. The maximum absolute atomic E-state index is 13.2. The molecular formula is C18H21ClFN3O3. The Morgan fingerprint density at radius 2 is 2.35 bits per heavy atom. The van der Waals surface area contributed by atoms with Gasteiger partial charge in [-0.25, -0.2) is 4.39 Å². The van der Waals surface area contributed by atoms with E-state index in [4.69, 9.17) is 21.1 Å². The van der Waals surface area contributed by atoms with Crippen molar-refractivity contribution >= 4 is 17.5 Å². The van der Waals surface area contributed by atoms with E-state index in [-0.39, 0.29) is 10.9 Å². The molecular weight excluding hydrogens is 361 g/mol. The third-order valence-corrected chi connectivity index (χ3v) is 4.61. The molecule has 1 aliphatic rings. The van der Waals surface area contributed by atoms with E-state index < -0.39 is 5.82 Å². The van der Waals surface area contributed by atoms with E-state index in [9.17, 15) is 9.18 Å². The van der Waals surface area contributed by atoms with Gasteiger partial charge in [-0.15, -0.1) is 0 Å². The molecule has 8 heteroatoms. The monoisotopic (exact) mass is 381 g/mol. The first kappa shape index (κ1) is 18.8. The van der Waals surface area contributed by atoms with Crippen molar-refractivity contribution in [2.45, 2.75) is 26.0 Å². The minimum Gasteiger partial charge on any atom is -0.383 e. The predicted molar refractivity (Wildman–Crippen MR) is 94.9 cm³/mol. The maximum atomic E-state index is 13.2. The van der Waals surface area contributed by atoms with Crippen LogP contribution in [0.1, 0.15) is 27.3 Å². The molecule has 1 N–H and O–H groups in total. The van der Waals surface area contributed by atoms with Gasteiger partial charge in [-0.3, -0.25) is 9.48 Å². The van der Waals surface area contributed by atoms with Gasteiger partial charge in [-0.2, -0.15) is 5.10 Å². The molecule has 0 bridgehead atoms. The molecule has 0 atom stereocenters. The van der Waals surface area contributed by atoms with Crippen LogP contribution in [-0.4, -0.2) is 42.6 Å². The third kappa shape index (κ3) is 4.23. The highest BCUT2D eigenvalue weighted by molar-refractivity contribution is 6.31. The molecule has 1 aromatic heterocycles. The molecule has 1 aromatic carbocycles. The van der Waals surface area contributed by atoms with Crippen LogP contribution in [0.25, 0.3) is 0 Å². The Morgan fingerprint density at radius 1 is 1.50 bits per heavy atom. The summed E-state index contributed by atoms with van der Waals surface area (Å²) in [6.45, 7) is 2.93. The zero-order valence-corrected chi connectivity index (χ0v) is 15.3. The Morgan fingerprint density at radius 3 is 3.12 bits per heavy atom. The zero-order valence-electron chi connectivity index (χ0n) is 14.6. The van der Waals surface area contributed by atoms with Crippen molar-refractivity contribution in [3.8, 4) is 0 Å². The number of amides is 1. The average molecular weight is 382 g/mol.